The number of hydrogen-bond acceptors (Lipinski definition) is 2. The van der Waals surface area contributed by atoms with Gasteiger partial charge < -0.3 is 14.6 Å². The zero-order valence-electron chi connectivity index (χ0n) is 13.7. The van der Waals surface area contributed by atoms with Crippen molar-refractivity contribution in [3.63, 3.8) is 0 Å². The highest BCUT2D eigenvalue weighted by Crippen LogP contribution is 2.40. The zero-order chi connectivity index (χ0) is 16.0. The van der Waals surface area contributed by atoms with Gasteiger partial charge in [-0.1, -0.05) is 12.8 Å². The molecule has 1 N–H and O–H groups in total. The van der Waals surface area contributed by atoms with Crippen LogP contribution in [0.1, 0.15) is 42.5 Å². The molecular formula is C19H24N2O2. The van der Waals surface area contributed by atoms with Gasteiger partial charge >= 0.3 is 0 Å². The van der Waals surface area contributed by atoms with Crippen molar-refractivity contribution in [1.82, 2.24) is 9.47 Å². The third-order valence-corrected chi connectivity index (χ3v) is 5.85. The van der Waals surface area contributed by atoms with E-state index in [2.05, 4.69) is 4.57 Å². The van der Waals surface area contributed by atoms with E-state index in [-0.39, 0.29) is 11.8 Å². The average molecular weight is 312 g/mol. The van der Waals surface area contributed by atoms with Crippen molar-refractivity contribution in [2.45, 2.75) is 37.7 Å². The molecule has 1 amide bonds. The van der Waals surface area contributed by atoms with Crippen LogP contribution < -0.4 is 0 Å². The Morgan fingerprint density at radius 3 is 3.00 bits per heavy atom. The molecule has 0 radical (unpaired) electrons. The van der Waals surface area contributed by atoms with Crippen molar-refractivity contribution in [3.8, 4) is 0 Å². The van der Waals surface area contributed by atoms with Gasteiger partial charge in [0.2, 0.25) is 0 Å². The van der Waals surface area contributed by atoms with Crippen LogP contribution in [0.2, 0.25) is 0 Å². The highest BCUT2D eigenvalue weighted by molar-refractivity contribution is 5.98. The maximum absolute atomic E-state index is 12.9. The Morgan fingerprint density at radius 2 is 2.13 bits per heavy atom. The van der Waals surface area contributed by atoms with Crippen molar-refractivity contribution in [3.05, 3.63) is 36.0 Å². The molecule has 23 heavy (non-hydrogen) atoms. The molecule has 2 fully saturated rings. The summed E-state index contributed by atoms with van der Waals surface area (Å²) in [4.78, 5) is 14.8. The second-order valence-corrected chi connectivity index (χ2v) is 7.25. The summed E-state index contributed by atoms with van der Waals surface area (Å²) in [6.45, 7) is 1.36. The number of likely N-dealkylation sites (tertiary alicyclic amines) is 1. The van der Waals surface area contributed by atoms with Crippen LogP contribution in [0.3, 0.4) is 0 Å². The summed E-state index contributed by atoms with van der Waals surface area (Å²) >= 11 is 0. The predicted molar refractivity (Wildman–Crippen MR) is 90.3 cm³/mol. The fraction of sp³-hybridized carbons (Fsp3) is 0.526. The topological polar surface area (TPSA) is 45.5 Å². The largest absolute Gasteiger partial charge is 0.389 e. The second-order valence-electron chi connectivity index (χ2n) is 7.25. The van der Waals surface area contributed by atoms with Crippen molar-refractivity contribution in [2.24, 2.45) is 13.0 Å². The van der Waals surface area contributed by atoms with Gasteiger partial charge in [-0.15, -0.1) is 0 Å². The van der Waals surface area contributed by atoms with E-state index in [0.717, 1.165) is 42.1 Å². The summed E-state index contributed by atoms with van der Waals surface area (Å²) in [6.07, 6.45) is 6.96. The Balaban J connectivity index is 1.56. The van der Waals surface area contributed by atoms with Crippen LogP contribution in [0.5, 0.6) is 0 Å². The van der Waals surface area contributed by atoms with E-state index in [9.17, 15) is 9.90 Å². The third-order valence-electron chi connectivity index (χ3n) is 5.85. The number of carbonyl (C=O) groups excluding carboxylic acids is 1. The molecule has 2 aromatic rings. The number of rotatable bonds is 1. The smallest absolute Gasteiger partial charge is 0.253 e. The van der Waals surface area contributed by atoms with E-state index in [1.807, 2.05) is 42.4 Å². The molecule has 2 aliphatic rings. The molecule has 4 rings (SSSR count). The molecule has 1 saturated heterocycles. The van der Waals surface area contributed by atoms with E-state index in [1.54, 1.807) is 0 Å². The molecule has 0 unspecified atom stereocenters. The van der Waals surface area contributed by atoms with Gasteiger partial charge in [0.15, 0.2) is 0 Å². The number of hydrogen-bond donors (Lipinski definition) is 1. The van der Waals surface area contributed by atoms with Crippen LogP contribution in [0, 0.1) is 5.92 Å². The summed E-state index contributed by atoms with van der Waals surface area (Å²) in [5.41, 5.74) is 1.37. The lowest BCUT2D eigenvalue weighted by Crippen LogP contribution is -2.54. The number of aromatic nitrogens is 1. The number of fused-ring (bicyclic) bond motifs is 2. The number of benzene rings is 1. The third kappa shape index (κ3) is 2.45. The van der Waals surface area contributed by atoms with E-state index in [4.69, 9.17) is 0 Å². The number of piperidine rings is 1. The van der Waals surface area contributed by atoms with Crippen molar-refractivity contribution >= 4 is 16.8 Å². The SMILES string of the molecule is Cn1ccc2cc(C(=O)N3CC[C@@]4(O)CCCC[C@H]4C3)ccc21. The molecule has 1 aromatic carbocycles. The molecule has 4 heteroatoms. The van der Waals surface area contributed by atoms with Crippen molar-refractivity contribution in [2.75, 3.05) is 13.1 Å². The maximum Gasteiger partial charge on any atom is 0.253 e. The number of aryl methyl sites for hydroxylation is 1. The van der Waals surface area contributed by atoms with Crippen molar-refractivity contribution in [1.29, 1.82) is 0 Å². The van der Waals surface area contributed by atoms with Gasteiger partial charge in [-0.3, -0.25) is 4.79 Å². The average Bonchev–Trinajstić information content (AvgIpc) is 2.94. The predicted octanol–water partition coefficient (Wildman–Crippen LogP) is 2.95. The molecule has 2 atom stereocenters. The van der Waals surface area contributed by atoms with E-state index < -0.39 is 5.60 Å². The minimum absolute atomic E-state index is 0.100. The lowest BCUT2D eigenvalue weighted by Gasteiger charge is -2.47. The fourth-order valence-electron chi connectivity index (χ4n) is 4.35. The maximum atomic E-state index is 12.9. The van der Waals surface area contributed by atoms with Crippen LogP contribution >= 0.6 is 0 Å². The summed E-state index contributed by atoms with van der Waals surface area (Å²) < 4.78 is 2.06. The summed E-state index contributed by atoms with van der Waals surface area (Å²) in [7, 11) is 2.01. The van der Waals surface area contributed by atoms with Gasteiger partial charge in [-0.2, -0.15) is 0 Å². The van der Waals surface area contributed by atoms with Gasteiger partial charge in [-0.25, -0.2) is 0 Å². The minimum Gasteiger partial charge on any atom is -0.389 e. The first-order valence-electron chi connectivity index (χ1n) is 8.64. The summed E-state index contributed by atoms with van der Waals surface area (Å²) in [5, 5.41) is 11.9. The molecule has 1 aromatic heterocycles. The first-order chi connectivity index (χ1) is 11.1. The Morgan fingerprint density at radius 1 is 1.26 bits per heavy atom. The first kappa shape index (κ1) is 14.8. The highest BCUT2D eigenvalue weighted by atomic mass is 16.3. The lowest BCUT2D eigenvalue weighted by atomic mass is 9.71. The fourth-order valence-corrected chi connectivity index (χ4v) is 4.35. The van der Waals surface area contributed by atoms with Crippen LogP contribution in [0.4, 0.5) is 0 Å². The summed E-state index contributed by atoms with van der Waals surface area (Å²) in [5.74, 6) is 0.345. The van der Waals surface area contributed by atoms with Gasteiger partial charge in [0.25, 0.3) is 5.91 Å². The van der Waals surface area contributed by atoms with Gasteiger partial charge in [0.05, 0.1) is 5.60 Å². The normalized spacial score (nSPS) is 27.9. The van der Waals surface area contributed by atoms with Gasteiger partial charge in [0, 0.05) is 48.7 Å². The summed E-state index contributed by atoms with van der Waals surface area (Å²) in [6, 6.07) is 7.97. The molecule has 1 aliphatic carbocycles. The number of carbonyl (C=O) groups is 1. The molecule has 1 aliphatic heterocycles. The Bertz CT molecular complexity index is 751. The second kappa shape index (κ2) is 5.38. The Kier molecular flexibility index (Phi) is 3.45. The van der Waals surface area contributed by atoms with E-state index in [1.165, 1.54) is 6.42 Å². The number of nitrogens with zero attached hydrogens (tertiary/aromatic N) is 2. The van der Waals surface area contributed by atoms with Crippen LogP contribution in [-0.4, -0.2) is 39.2 Å². The monoisotopic (exact) mass is 312 g/mol. The number of amides is 1. The molecular weight excluding hydrogens is 288 g/mol. The quantitative estimate of drug-likeness (QED) is 0.880. The van der Waals surface area contributed by atoms with Crippen LogP contribution in [-0.2, 0) is 7.05 Å². The highest BCUT2D eigenvalue weighted by Gasteiger charge is 2.43. The zero-order valence-corrected chi connectivity index (χ0v) is 13.7. The molecule has 0 bridgehead atoms. The number of aliphatic hydroxyl groups is 1. The molecule has 1 saturated carbocycles. The molecule has 2 heterocycles. The van der Waals surface area contributed by atoms with E-state index >= 15 is 0 Å². The Hall–Kier alpha value is -1.81. The van der Waals surface area contributed by atoms with E-state index in [0.29, 0.717) is 13.1 Å². The van der Waals surface area contributed by atoms with Gasteiger partial charge in [-0.05, 0) is 43.5 Å². The molecule has 0 spiro atoms. The van der Waals surface area contributed by atoms with Crippen LogP contribution in [0.15, 0.2) is 30.5 Å². The van der Waals surface area contributed by atoms with Crippen LogP contribution in [0.25, 0.3) is 10.9 Å². The van der Waals surface area contributed by atoms with Gasteiger partial charge in [0.1, 0.15) is 0 Å². The lowest BCUT2D eigenvalue weighted by molar-refractivity contribution is -0.0886. The molecule has 122 valence electrons. The Labute approximate surface area is 136 Å². The first-order valence-corrected chi connectivity index (χ1v) is 8.64. The standard InChI is InChI=1S/C19H24N2O2/c1-20-10-7-14-12-15(5-6-17(14)20)18(22)21-11-9-19(23)8-3-2-4-16(19)13-21/h5-7,10,12,16,23H,2-4,8-9,11,13H2,1H3/t16-,19-/m0/s1. The minimum atomic E-state index is -0.529. The molecule has 4 nitrogen and oxygen atoms in total. The van der Waals surface area contributed by atoms with Crippen molar-refractivity contribution < 1.29 is 9.90 Å².